The molecule has 0 saturated heterocycles. The minimum absolute atomic E-state index is 0.0359. The van der Waals surface area contributed by atoms with Crippen molar-refractivity contribution in [2.75, 3.05) is 5.73 Å². The summed E-state index contributed by atoms with van der Waals surface area (Å²) in [6, 6.07) is 6.28. The van der Waals surface area contributed by atoms with Crippen LogP contribution >= 0.6 is 27.3 Å². The normalized spacial score (nSPS) is 11.6. The van der Waals surface area contributed by atoms with Gasteiger partial charge in [0, 0.05) is 23.7 Å². The number of nitrogens with zero attached hydrogens (tertiary/aromatic N) is 3. The first-order valence-corrected chi connectivity index (χ1v) is 8.74. The first kappa shape index (κ1) is 15.3. The zero-order valence-electron chi connectivity index (χ0n) is 12.6. The summed E-state index contributed by atoms with van der Waals surface area (Å²) in [6.07, 6.45) is 1.66. The van der Waals surface area contributed by atoms with E-state index >= 15 is 0 Å². The van der Waals surface area contributed by atoms with Crippen LogP contribution in [0.15, 0.2) is 39.0 Å². The molecule has 0 saturated carbocycles. The van der Waals surface area contributed by atoms with Crippen LogP contribution in [-0.4, -0.2) is 14.3 Å². The summed E-state index contributed by atoms with van der Waals surface area (Å²) in [4.78, 5) is 12.8. The Morgan fingerprint density at radius 3 is 2.96 bits per heavy atom. The molecule has 8 heteroatoms. The van der Waals surface area contributed by atoms with Crippen LogP contribution in [0, 0.1) is 5.82 Å². The molecule has 0 spiro atoms. The molecule has 0 atom stereocenters. The Balaban J connectivity index is 1.91. The summed E-state index contributed by atoms with van der Waals surface area (Å²) in [5.74, 6) is -0.408. The van der Waals surface area contributed by atoms with E-state index in [-0.39, 0.29) is 12.1 Å². The second-order valence-electron chi connectivity index (χ2n) is 5.54. The molecule has 0 radical (unpaired) electrons. The third kappa shape index (κ3) is 2.25. The van der Waals surface area contributed by atoms with E-state index in [4.69, 9.17) is 5.73 Å². The van der Waals surface area contributed by atoms with Crippen LogP contribution in [-0.2, 0) is 13.6 Å². The maximum atomic E-state index is 13.9. The predicted octanol–water partition coefficient (Wildman–Crippen LogP) is 3.48. The zero-order chi connectivity index (χ0) is 17.0. The van der Waals surface area contributed by atoms with E-state index < -0.39 is 5.82 Å². The Labute approximate surface area is 148 Å². The Morgan fingerprint density at radius 1 is 1.38 bits per heavy atom. The molecular formula is C16H12BrFN4OS. The van der Waals surface area contributed by atoms with Gasteiger partial charge in [0.1, 0.15) is 11.3 Å². The SMILES string of the molecule is Cn1c2cc(Br)sc2c2cnn(Cc3cc(N)ccc3F)c(=O)c21. The number of aryl methyl sites for hydroxylation is 1. The van der Waals surface area contributed by atoms with Gasteiger partial charge >= 0.3 is 0 Å². The number of thiophene rings is 1. The topological polar surface area (TPSA) is 65.8 Å². The van der Waals surface area contributed by atoms with Crippen LogP contribution in [0.4, 0.5) is 10.1 Å². The molecule has 1 aromatic carbocycles. The fourth-order valence-corrected chi connectivity index (χ4v) is 4.50. The lowest BCUT2D eigenvalue weighted by atomic mass is 10.2. The molecule has 24 heavy (non-hydrogen) atoms. The molecule has 122 valence electrons. The summed E-state index contributed by atoms with van der Waals surface area (Å²) in [6.45, 7) is 0.0359. The number of fused-ring (bicyclic) bond motifs is 3. The summed E-state index contributed by atoms with van der Waals surface area (Å²) >= 11 is 5.02. The average molecular weight is 407 g/mol. The van der Waals surface area contributed by atoms with E-state index in [1.807, 2.05) is 17.7 Å². The van der Waals surface area contributed by atoms with Gasteiger partial charge in [0.25, 0.3) is 5.56 Å². The highest BCUT2D eigenvalue weighted by atomic mass is 79.9. The number of benzene rings is 1. The van der Waals surface area contributed by atoms with Gasteiger partial charge in [-0.05, 0) is 40.2 Å². The molecule has 0 aliphatic carbocycles. The highest BCUT2D eigenvalue weighted by Crippen LogP contribution is 2.35. The largest absolute Gasteiger partial charge is 0.399 e. The van der Waals surface area contributed by atoms with Crippen LogP contribution in [0.3, 0.4) is 0 Å². The van der Waals surface area contributed by atoms with Gasteiger partial charge in [0.15, 0.2) is 0 Å². The first-order chi connectivity index (χ1) is 11.5. The fraction of sp³-hybridized carbons (Fsp3) is 0.125. The molecule has 5 nitrogen and oxygen atoms in total. The Bertz CT molecular complexity index is 1160. The smallest absolute Gasteiger partial charge is 0.291 e. The summed E-state index contributed by atoms with van der Waals surface area (Å²) in [7, 11) is 1.84. The lowest BCUT2D eigenvalue weighted by Gasteiger charge is -2.07. The van der Waals surface area contributed by atoms with Crippen molar-refractivity contribution in [3.05, 3.63) is 56.0 Å². The number of anilines is 1. The quantitative estimate of drug-likeness (QED) is 0.518. The van der Waals surface area contributed by atoms with Crippen molar-refractivity contribution < 1.29 is 4.39 Å². The van der Waals surface area contributed by atoms with Crippen molar-refractivity contribution in [2.45, 2.75) is 6.54 Å². The summed E-state index contributed by atoms with van der Waals surface area (Å²) in [5.41, 5.74) is 7.76. The van der Waals surface area contributed by atoms with Gasteiger partial charge in [-0.15, -0.1) is 11.3 Å². The maximum Gasteiger partial charge on any atom is 0.291 e. The molecule has 2 N–H and O–H groups in total. The lowest BCUT2D eigenvalue weighted by molar-refractivity contribution is 0.574. The number of hydrogen-bond donors (Lipinski definition) is 1. The minimum Gasteiger partial charge on any atom is -0.399 e. The van der Waals surface area contributed by atoms with Crippen molar-refractivity contribution in [3.63, 3.8) is 0 Å². The molecule has 4 aromatic rings. The average Bonchev–Trinajstić information content (AvgIpc) is 3.04. The van der Waals surface area contributed by atoms with E-state index in [9.17, 15) is 9.18 Å². The molecule has 0 aliphatic rings. The number of halogens is 2. The molecule has 4 rings (SSSR count). The van der Waals surface area contributed by atoms with E-state index in [1.54, 1.807) is 17.5 Å². The third-order valence-electron chi connectivity index (χ3n) is 4.03. The maximum absolute atomic E-state index is 13.9. The molecular weight excluding hydrogens is 395 g/mol. The van der Waals surface area contributed by atoms with Crippen LogP contribution in [0.25, 0.3) is 21.1 Å². The van der Waals surface area contributed by atoms with Crippen LogP contribution in [0.2, 0.25) is 0 Å². The number of rotatable bonds is 2. The number of aromatic nitrogens is 3. The van der Waals surface area contributed by atoms with Gasteiger partial charge in [0.05, 0.1) is 26.7 Å². The van der Waals surface area contributed by atoms with E-state index in [1.165, 1.54) is 22.9 Å². The molecule has 3 aromatic heterocycles. The van der Waals surface area contributed by atoms with Gasteiger partial charge in [-0.25, -0.2) is 9.07 Å². The second-order valence-corrected chi connectivity index (χ2v) is 7.98. The van der Waals surface area contributed by atoms with Gasteiger partial charge in [-0.2, -0.15) is 5.10 Å². The summed E-state index contributed by atoms with van der Waals surface area (Å²) in [5, 5.41) is 5.02. The van der Waals surface area contributed by atoms with Crippen molar-refractivity contribution in [3.8, 4) is 0 Å². The molecule has 0 aliphatic heterocycles. The van der Waals surface area contributed by atoms with Crippen molar-refractivity contribution >= 4 is 54.1 Å². The van der Waals surface area contributed by atoms with Gasteiger partial charge in [0.2, 0.25) is 0 Å². The van der Waals surface area contributed by atoms with Crippen molar-refractivity contribution in [1.29, 1.82) is 0 Å². The van der Waals surface area contributed by atoms with Gasteiger partial charge in [-0.1, -0.05) is 0 Å². The molecule has 0 unspecified atom stereocenters. The Hall–Kier alpha value is -2.19. The van der Waals surface area contributed by atoms with E-state index in [2.05, 4.69) is 21.0 Å². The lowest BCUT2D eigenvalue weighted by Crippen LogP contribution is -2.25. The summed E-state index contributed by atoms with van der Waals surface area (Å²) < 4.78 is 19.0. The van der Waals surface area contributed by atoms with Gasteiger partial charge in [-0.3, -0.25) is 4.79 Å². The van der Waals surface area contributed by atoms with E-state index in [0.717, 1.165) is 19.4 Å². The Morgan fingerprint density at radius 2 is 2.17 bits per heavy atom. The standard InChI is InChI=1S/C16H12BrFN4OS/c1-21-12-5-13(17)24-15(12)10-6-20-22(16(23)14(10)21)7-8-4-9(19)2-3-11(8)18/h2-6H,7,19H2,1H3. The van der Waals surface area contributed by atoms with Crippen LogP contribution in [0.5, 0.6) is 0 Å². The zero-order valence-corrected chi connectivity index (χ0v) is 15.0. The molecule has 0 amide bonds. The van der Waals surface area contributed by atoms with Crippen molar-refractivity contribution in [1.82, 2.24) is 14.3 Å². The predicted molar refractivity (Wildman–Crippen MR) is 98.0 cm³/mol. The highest BCUT2D eigenvalue weighted by molar-refractivity contribution is 9.11. The number of nitrogens with two attached hydrogens (primary N) is 1. The van der Waals surface area contributed by atoms with Crippen LogP contribution in [0.1, 0.15) is 5.56 Å². The molecule has 0 bridgehead atoms. The van der Waals surface area contributed by atoms with Crippen LogP contribution < -0.4 is 11.3 Å². The van der Waals surface area contributed by atoms with Crippen molar-refractivity contribution in [2.24, 2.45) is 7.05 Å². The first-order valence-electron chi connectivity index (χ1n) is 7.13. The fourth-order valence-electron chi connectivity index (χ4n) is 2.87. The highest BCUT2D eigenvalue weighted by Gasteiger charge is 2.17. The van der Waals surface area contributed by atoms with E-state index in [0.29, 0.717) is 16.8 Å². The molecule has 3 heterocycles. The minimum atomic E-state index is -0.408. The Kier molecular flexibility index (Phi) is 3.47. The van der Waals surface area contributed by atoms with Gasteiger partial charge < -0.3 is 10.3 Å². The molecule has 0 fully saturated rings. The second kappa shape index (κ2) is 5.42. The number of nitrogen functional groups attached to an aromatic ring is 1. The monoisotopic (exact) mass is 406 g/mol. The third-order valence-corrected chi connectivity index (χ3v) is 5.69. The number of hydrogen-bond acceptors (Lipinski definition) is 4.